The minimum Gasteiger partial charge on any atom is -0.477 e. The van der Waals surface area contributed by atoms with E-state index < -0.39 is 78.2 Å². The van der Waals surface area contributed by atoms with Crippen molar-refractivity contribution in [3.63, 3.8) is 0 Å². The third-order valence-electron chi connectivity index (χ3n) is 5.01. The zero-order valence-corrected chi connectivity index (χ0v) is 17.4. The summed E-state index contributed by atoms with van der Waals surface area (Å²) in [5, 5.41) is 31.9. The van der Waals surface area contributed by atoms with Gasteiger partial charge in [0.2, 0.25) is 5.91 Å². The SMILES string of the molecule is O=C(COCc1ccccc1)N[C@H]1[C@H]2O[C@@](C(=O)O)(C[C@@H]1O)O[C@H]2[C@@H](CO)OS(=O)(=O)O. The standard InChI is InChI=1S/C18H23NO12S/c20-7-12(31-32(25,26)27)15-16-14(11(21)6-18(29-15,30-16)17(23)24)19-13(22)9-28-8-10-4-2-1-3-5-10/h1-5,11-12,14-16,20-21H,6-9H2,(H,19,22)(H,23,24)(H,25,26,27)/t11-,12+,14+,15-,16+,18+/m0/s1. The van der Waals surface area contributed by atoms with Gasteiger partial charge in [0.25, 0.3) is 5.79 Å². The summed E-state index contributed by atoms with van der Waals surface area (Å²) in [5.74, 6) is -4.63. The second-order valence-electron chi connectivity index (χ2n) is 7.31. The Balaban J connectivity index is 1.71. The van der Waals surface area contributed by atoms with E-state index in [4.69, 9.17) is 18.8 Å². The zero-order chi connectivity index (χ0) is 23.5. The fourth-order valence-corrected chi connectivity index (χ4v) is 4.14. The van der Waals surface area contributed by atoms with Crippen LogP contribution in [0.2, 0.25) is 0 Å². The van der Waals surface area contributed by atoms with Gasteiger partial charge in [0, 0.05) is 6.42 Å². The van der Waals surface area contributed by atoms with Crippen LogP contribution in [0.15, 0.2) is 30.3 Å². The van der Waals surface area contributed by atoms with Crippen molar-refractivity contribution in [1.29, 1.82) is 0 Å². The Morgan fingerprint density at radius 3 is 2.53 bits per heavy atom. The van der Waals surface area contributed by atoms with Gasteiger partial charge >= 0.3 is 16.4 Å². The van der Waals surface area contributed by atoms with Crippen LogP contribution in [0, 0.1) is 0 Å². The molecule has 32 heavy (non-hydrogen) atoms. The highest BCUT2D eigenvalue weighted by Crippen LogP contribution is 2.42. The Hall–Kier alpha value is -2.17. The average molecular weight is 477 g/mol. The van der Waals surface area contributed by atoms with Crippen LogP contribution in [0.5, 0.6) is 0 Å². The smallest absolute Gasteiger partial charge is 0.397 e. The van der Waals surface area contributed by atoms with Gasteiger partial charge in [-0.05, 0) is 5.56 Å². The van der Waals surface area contributed by atoms with E-state index in [0.717, 1.165) is 5.56 Å². The maximum Gasteiger partial charge on any atom is 0.397 e. The molecule has 1 aromatic carbocycles. The summed E-state index contributed by atoms with van der Waals surface area (Å²) in [4.78, 5) is 24.0. The summed E-state index contributed by atoms with van der Waals surface area (Å²) in [5.41, 5.74) is 0.824. The van der Waals surface area contributed by atoms with Crippen LogP contribution >= 0.6 is 0 Å². The van der Waals surface area contributed by atoms with Crippen molar-refractivity contribution in [1.82, 2.24) is 5.32 Å². The second kappa shape index (κ2) is 9.76. The van der Waals surface area contributed by atoms with Gasteiger partial charge in [-0.15, -0.1) is 0 Å². The van der Waals surface area contributed by atoms with E-state index in [9.17, 15) is 33.3 Å². The summed E-state index contributed by atoms with van der Waals surface area (Å²) in [7, 11) is -5.05. The van der Waals surface area contributed by atoms with Crippen molar-refractivity contribution in [3.8, 4) is 0 Å². The van der Waals surface area contributed by atoms with Gasteiger partial charge in [-0.1, -0.05) is 30.3 Å². The number of amides is 1. The highest BCUT2D eigenvalue weighted by atomic mass is 32.3. The van der Waals surface area contributed by atoms with Crippen molar-refractivity contribution in [2.45, 2.75) is 49.3 Å². The van der Waals surface area contributed by atoms with Crippen molar-refractivity contribution < 1.29 is 56.3 Å². The van der Waals surface area contributed by atoms with E-state index in [1.807, 2.05) is 6.07 Å². The lowest BCUT2D eigenvalue weighted by atomic mass is 9.92. The van der Waals surface area contributed by atoms with Crippen LogP contribution in [0.4, 0.5) is 0 Å². The maximum absolute atomic E-state index is 12.3. The molecule has 178 valence electrons. The molecule has 2 aliphatic rings. The fourth-order valence-electron chi connectivity index (χ4n) is 3.66. The second-order valence-corrected chi connectivity index (χ2v) is 8.36. The van der Waals surface area contributed by atoms with Gasteiger partial charge < -0.3 is 34.8 Å². The number of aliphatic carboxylic acids is 1. The molecule has 0 unspecified atom stereocenters. The Labute approximate surface area is 182 Å². The number of carbonyl (C=O) groups excluding carboxylic acids is 1. The first-order chi connectivity index (χ1) is 15.0. The van der Waals surface area contributed by atoms with Crippen LogP contribution < -0.4 is 5.32 Å². The van der Waals surface area contributed by atoms with Crippen LogP contribution in [0.3, 0.4) is 0 Å². The molecule has 6 atom stereocenters. The lowest BCUT2D eigenvalue weighted by Gasteiger charge is -2.37. The van der Waals surface area contributed by atoms with Crippen molar-refractivity contribution in [3.05, 3.63) is 35.9 Å². The number of carbonyl (C=O) groups is 2. The van der Waals surface area contributed by atoms with E-state index in [1.54, 1.807) is 24.3 Å². The number of aliphatic hydroxyl groups excluding tert-OH is 2. The summed E-state index contributed by atoms with van der Waals surface area (Å²) in [6, 6.07) is 7.77. The molecule has 2 bridgehead atoms. The molecule has 1 aromatic rings. The van der Waals surface area contributed by atoms with Crippen LogP contribution in [-0.2, 0) is 45.0 Å². The summed E-state index contributed by atoms with van der Waals surface area (Å²) >= 11 is 0. The van der Waals surface area contributed by atoms with E-state index in [1.165, 1.54) is 0 Å². The highest BCUT2D eigenvalue weighted by Gasteiger charge is 2.64. The van der Waals surface area contributed by atoms with Crippen LogP contribution in [0.25, 0.3) is 0 Å². The Bertz CT molecular complexity index is 925. The largest absolute Gasteiger partial charge is 0.477 e. The van der Waals surface area contributed by atoms with Crippen LogP contribution in [0.1, 0.15) is 12.0 Å². The number of ether oxygens (including phenoxy) is 3. The van der Waals surface area contributed by atoms with Gasteiger partial charge in [-0.3, -0.25) is 9.35 Å². The maximum atomic E-state index is 12.3. The minimum atomic E-state index is -5.05. The number of rotatable bonds is 10. The van der Waals surface area contributed by atoms with E-state index in [-0.39, 0.29) is 6.61 Å². The highest BCUT2D eigenvalue weighted by molar-refractivity contribution is 7.80. The Morgan fingerprint density at radius 2 is 1.94 bits per heavy atom. The molecule has 14 heteroatoms. The number of hydrogen-bond donors (Lipinski definition) is 5. The average Bonchev–Trinajstić information content (AvgIpc) is 3.05. The Morgan fingerprint density at radius 1 is 1.25 bits per heavy atom. The zero-order valence-electron chi connectivity index (χ0n) is 16.6. The molecule has 2 aliphatic heterocycles. The van der Waals surface area contributed by atoms with Crippen LogP contribution in [-0.4, -0.2) is 89.6 Å². The normalized spacial score (nSPS) is 30.6. The first kappa shape index (κ1) is 24.5. The molecule has 0 aromatic heterocycles. The van der Waals surface area contributed by atoms with Gasteiger partial charge in [-0.2, -0.15) is 8.42 Å². The number of benzene rings is 1. The minimum absolute atomic E-state index is 0.143. The number of hydrogen-bond acceptors (Lipinski definition) is 10. The Kier molecular flexibility index (Phi) is 7.46. The molecular formula is C18H23NO12S. The summed E-state index contributed by atoms with van der Waals surface area (Å²) in [6.45, 7) is -1.26. The van der Waals surface area contributed by atoms with E-state index in [2.05, 4.69) is 9.50 Å². The van der Waals surface area contributed by atoms with Crippen molar-refractivity contribution >= 4 is 22.3 Å². The third-order valence-corrected chi connectivity index (χ3v) is 5.50. The molecule has 0 spiro atoms. The molecular weight excluding hydrogens is 454 g/mol. The summed E-state index contributed by atoms with van der Waals surface area (Å²) in [6.07, 6.45) is -6.82. The lowest BCUT2D eigenvalue weighted by molar-refractivity contribution is -0.234. The van der Waals surface area contributed by atoms with Crippen molar-refractivity contribution in [2.24, 2.45) is 0 Å². The molecule has 13 nitrogen and oxygen atoms in total. The van der Waals surface area contributed by atoms with Crippen molar-refractivity contribution in [2.75, 3.05) is 13.2 Å². The monoisotopic (exact) mass is 477 g/mol. The third kappa shape index (κ3) is 5.60. The number of carboxylic acids is 1. The first-order valence-corrected chi connectivity index (χ1v) is 10.9. The number of fused-ring (bicyclic) bond motifs is 2. The molecule has 2 fully saturated rings. The molecule has 2 heterocycles. The molecule has 0 aliphatic carbocycles. The first-order valence-electron chi connectivity index (χ1n) is 9.49. The lowest BCUT2D eigenvalue weighted by Crippen LogP contribution is -2.61. The van der Waals surface area contributed by atoms with Gasteiger partial charge in [0.1, 0.15) is 24.9 Å². The van der Waals surface area contributed by atoms with E-state index in [0.29, 0.717) is 0 Å². The number of carboxylic acid groups (broad SMARTS) is 1. The molecule has 3 rings (SSSR count). The molecule has 0 radical (unpaired) electrons. The number of aliphatic hydroxyl groups is 2. The molecule has 2 saturated heterocycles. The quantitative estimate of drug-likeness (QED) is 0.237. The topological polar surface area (TPSA) is 198 Å². The number of nitrogens with one attached hydrogen (secondary N) is 1. The molecule has 5 N–H and O–H groups in total. The van der Waals surface area contributed by atoms with E-state index >= 15 is 0 Å². The predicted octanol–water partition coefficient (Wildman–Crippen LogP) is -1.80. The van der Waals surface area contributed by atoms with Gasteiger partial charge in [0.15, 0.2) is 0 Å². The van der Waals surface area contributed by atoms with Gasteiger partial charge in [-0.25, -0.2) is 8.98 Å². The fraction of sp³-hybridized carbons (Fsp3) is 0.556. The van der Waals surface area contributed by atoms with Gasteiger partial charge in [0.05, 0.1) is 25.4 Å². The molecule has 1 amide bonds. The summed E-state index contributed by atoms with van der Waals surface area (Å²) < 4.78 is 51.6. The predicted molar refractivity (Wildman–Crippen MR) is 102 cm³/mol. The molecule has 0 saturated carbocycles.